The monoisotopic (exact) mass is 464 g/mol. The lowest BCUT2D eigenvalue weighted by Crippen LogP contribution is -2.47. The van der Waals surface area contributed by atoms with Crippen LogP contribution in [0.25, 0.3) is 0 Å². The number of anilines is 1. The standard InChI is InChI=1S/C22H25ClN2O5S/c23-17-8-11-20(12-9-17)31(27,28)25-18(10-7-16-4-1-2-6-21(16)25)15-30-22(26)24-14-19-5-3-13-29-19/h1-2,4,6,8-9,11-12,18-19H,3,5,7,10,13-15H2,(H,24,26). The summed E-state index contributed by atoms with van der Waals surface area (Å²) < 4.78 is 39.3. The van der Waals surface area contributed by atoms with Gasteiger partial charge in [0.25, 0.3) is 10.0 Å². The first-order chi connectivity index (χ1) is 14.9. The van der Waals surface area contributed by atoms with E-state index < -0.39 is 22.2 Å². The van der Waals surface area contributed by atoms with Crippen LogP contribution in [0.2, 0.25) is 5.02 Å². The number of hydrogen-bond acceptors (Lipinski definition) is 5. The minimum absolute atomic E-state index is 0.0101. The van der Waals surface area contributed by atoms with E-state index in [9.17, 15) is 13.2 Å². The van der Waals surface area contributed by atoms with E-state index in [1.807, 2.05) is 12.1 Å². The Kier molecular flexibility index (Phi) is 6.69. The van der Waals surface area contributed by atoms with Crippen LogP contribution in [-0.2, 0) is 25.9 Å². The molecule has 0 saturated carbocycles. The van der Waals surface area contributed by atoms with Crippen molar-refractivity contribution in [3.8, 4) is 0 Å². The van der Waals surface area contributed by atoms with Crippen molar-refractivity contribution in [1.82, 2.24) is 5.32 Å². The highest BCUT2D eigenvalue weighted by atomic mass is 35.5. The van der Waals surface area contributed by atoms with Crippen LogP contribution in [0, 0.1) is 0 Å². The van der Waals surface area contributed by atoms with Gasteiger partial charge in [0.2, 0.25) is 0 Å². The van der Waals surface area contributed by atoms with E-state index in [0.29, 0.717) is 36.7 Å². The van der Waals surface area contributed by atoms with Crippen molar-refractivity contribution in [2.45, 2.75) is 42.7 Å². The van der Waals surface area contributed by atoms with Crippen LogP contribution in [0.5, 0.6) is 0 Å². The van der Waals surface area contributed by atoms with Crippen molar-refractivity contribution in [2.75, 3.05) is 24.1 Å². The van der Waals surface area contributed by atoms with Gasteiger partial charge in [0.15, 0.2) is 0 Å². The van der Waals surface area contributed by atoms with Gasteiger partial charge in [0.05, 0.1) is 22.7 Å². The fraction of sp³-hybridized carbons (Fsp3) is 0.409. The van der Waals surface area contributed by atoms with Crippen LogP contribution in [0.4, 0.5) is 10.5 Å². The predicted octanol–water partition coefficient (Wildman–Crippen LogP) is 3.76. The summed E-state index contributed by atoms with van der Waals surface area (Å²) >= 11 is 5.94. The number of sulfonamides is 1. The number of carbonyl (C=O) groups excluding carboxylic acids is 1. The Labute approximate surface area is 187 Å². The Morgan fingerprint density at radius 3 is 2.68 bits per heavy atom. The van der Waals surface area contributed by atoms with E-state index in [4.69, 9.17) is 21.1 Å². The van der Waals surface area contributed by atoms with Crippen LogP contribution in [-0.4, -0.2) is 46.4 Å². The number of nitrogens with zero attached hydrogens (tertiary/aromatic N) is 1. The second-order valence-corrected chi connectivity index (χ2v) is 9.94. The Balaban J connectivity index is 1.52. The number of fused-ring (bicyclic) bond motifs is 1. The number of aryl methyl sites for hydroxylation is 1. The summed E-state index contributed by atoms with van der Waals surface area (Å²) in [5.41, 5.74) is 1.55. The van der Waals surface area contributed by atoms with Gasteiger partial charge in [-0.1, -0.05) is 29.8 Å². The molecule has 0 aromatic heterocycles. The topological polar surface area (TPSA) is 84.9 Å². The van der Waals surface area contributed by atoms with Crippen molar-refractivity contribution >= 4 is 33.4 Å². The summed E-state index contributed by atoms with van der Waals surface area (Å²) in [7, 11) is -3.87. The summed E-state index contributed by atoms with van der Waals surface area (Å²) in [6, 6.07) is 13.0. The minimum Gasteiger partial charge on any atom is -0.447 e. The molecule has 2 aliphatic rings. The number of ether oxygens (including phenoxy) is 2. The first-order valence-electron chi connectivity index (χ1n) is 10.4. The third-order valence-corrected chi connectivity index (χ3v) is 7.72. The van der Waals surface area contributed by atoms with Crippen molar-refractivity contribution in [3.63, 3.8) is 0 Å². The predicted molar refractivity (Wildman–Crippen MR) is 118 cm³/mol. The largest absolute Gasteiger partial charge is 0.447 e. The Morgan fingerprint density at radius 1 is 1.16 bits per heavy atom. The van der Waals surface area contributed by atoms with Crippen LogP contribution in [0.3, 0.4) is 0 Å². The highest BCUT2D eigenvalue weighted by Gasteiger charge is 2.36. The van der Waals surface area contributed by atoms with Crippen LogP contribution < -0.4 is 9.62 Å². The molecule has 9 heteroatoms. The molecule has 31 heavy (non-hydrogen) atoms. The smallest absolute Gasteiger partial charge is 0.407 e. The van der Waals surface area contributed by atoms with Crippen LogP contribution in [0.1, 0.15) is 24.8 Å². The second-order valence-electron chi connectivity index (χ2n) is 7.69. The molecule has 4 rings (SSSR count). The number of benzene rings is 2. The van der Waals surface area contributed by atoms with E-state index in [-0.39, 0.29) is 17.6 Å². The molecule has 0 aliphatic carbocycles. The number of hydrogen-bond donors (Lipinski definition) is 1. The number of rotatable bonds is 6. The maximum absolute atomic E-state index is 13.5. The SMILES string of the molecule is O=C(NCC1CCCO1)OCC1CCc2ccccc2N1S(=O)(=O)c1ccc(Cl)cc1. The van der Waals surface area contributed by atoms with Crippen molar-refractivity contribution in [2.24, 2.45) is 0 Å². The molecular formula is C22H25ClN2O5S. The fourth-order valence-corrected chi connectivity index (χ4v) is 5.82. The van der Waals surface area contributed by atoms with Gasteiger partial charge in [0, 0.05) is 18.2 Å². The van der Waals surface area contributed by atoms with Gasteiger partial charge in [-0.3, -0.25) is 4.31 Å². The lowest BCUT2D eigenvalue weighted by atomic mass is 9.98. The highest BCUT2D eigenvalue weighted by molar-refractivity contribution is 7.92. The molecule has 2 aromatic carbocycles. The summed E-state index contributed by atoms with van der Waals surface area (Å²) in [4.78, 5) is 12.3. The van der Waals surface area contributed by atoms with E-state index in [2.05, 4.69) is 5.32 Å². The first kappa shape index (κ1) is 21.9. The first-order valence-corrected chi connectivity index (χ1v) is 12.2. The molecule has 2 aromatic rings. The van der Waals surface area contributed by atoms with Gasteiger partial charge < -0.3 is 14.8 Å². The molecule has 1 fully saturated rings. The second kappa shape index (κ2) is 9.46. The van der Waals surface area contributed by atoms with Gasteiger partial charge >= 0.3 is 6.09 Å². The lowest BCUT2D eigenvalue weighted by molar-refractivity contribution is 0.0996. The minimum atomic E-state index is -3.87. The molecule has 1 N–H and O–H groups in total. The highest BCUT2D eigenvalue weighted by Crippen LogP contribution is 2.35. The number of nitrogens with one attached hydrogen (secondary N) is 1. The Morgan fingerprint density at radius 2 is 1.94 bits per heavy atom. The molecule has 1 saturated heterocycles. The molecule has 1 amide bonds. The third-order valence-electron chi connectivity index (χ3n) is 5.58. The summed E-state index contributed by atoms with van der Waals surface area (Å²) in [5.74, 6) is 0. The molecule has 2 atom stereocenters. The van der Waals surface area contributed by atoms with Crippen molar-refractivity contribution < 1.29 is 22.7 Å². The summed E-state index contributed by atoms with van der Waals surface area (Å²) in [6.07, 6.45) is 2.58. The number of halogens is 1. The molecular weight excluding hydrogens is 440 g/mol. The zero-order chi connectivity index (χ0) is 21.8. The maximum Gasteiger partial charge on any atom is 0.407 e. The molecule has 7 nitrogen and oxygen atoms in total. The van der Waals surface area contributed by atoms with Gasteiger partial charge in [0.1, 0.15) is 6.61 Å². The van der Waals surface area contributed by atoms with Gasteiger partial charge in [-0.2, -0.15) is 0 Å². The van der Waals surface area contributed by atoms with Gasteiger partial charge in [-0.15, -0.1) is 0 Å². The average molecular weight is 465 g/mol. The van der Waals surface area contributed by atoms with Gasteiger partial charge in [-0.05, 0) is 61.6 Å². The van der Waals surface area contributed by atoms with Crippen molar-refractivity contribution in [3.05, 3.63) is 59.1 Å². The zero-order valence-corrected chi connectivity index (χ0v) is 18.6. The normalized spacial score (nSPS) is 20.9. The molecule has 0 spiro atoms. The average Bonchev–Trinajstić information content (AvgIpc) is 3.29. The maximum atomic E-state index is 13.5. The molecule has 2 heterocycles. The lowest BCUT2D eigenvalue weighted by Gasteiger charge is -2.37. The van der Waals surface area contributed by atoms with E-state index in [1.54, 1.807) is 24.3 Å². The van der Waals surface area contributed by atoms with E-state index in [0.717, 1.165) is 18.4 Å². The summed E-state index contributed by atoms with van der Waals surface area (Å²) in [6.45, 7) is 1.05. The third kappa shape index (κ3) is 4.97. The van der Waals surface area contributed by atoms with E-state index in [1.165, 1.54) is 16.4 Å². The van der Waals surface area contributed by atoms with Gasteiger partial charge in [-0.25, -0.2) is 13.2 Å². The number of amides is 1. The molecule has 166 valence electrons. The molecule has 2 aliphatic heterocycles. The molecule has 0 radical (unpaired) electrons. The van der Waals surface area contributed by atoms with Crippen LogP contribution >= 0.6 is 11.6 Å². The fourth-order valence-electron chi connectivity index (χ4n) is 4.00. The number of para-hydroxylation sites is 1. The van der Waals surface area contributed by atoms with Crippen LogP contribution in [0.15, 0.2) is 53.4 Å². The Hall–Kier alpha value is -2.29. The number of alkyl carbamates (subject to hydrolysis) is 1. The Bertz CT molecular complexity index is 1020. The quantitative estimate of drug-likeness (QED) is 0.703. The number of carbonyl (C=O) groups is 1. The van der Waals surface area contributed by atoms with E-state index >= 15 is 0 Å². The summed E-state index contributed by atoms with van der Waals surface area (Å²) in [5, 5.41) is 3.17. The molecule has 0 bridgehead atoms. The zero-order valence-electron chi connectivity index (χ0n) is 17.0. The van der Waals surface area contributed by atoms with Crippen molar-refractivity contribution in [1.29, 1.82) is 0 Å². The molecule has 2 unspecified atom stereocenters.